The van der Waals surface area contributed by atoms with E-state index in [-0.39, 0.29) is 27.3 Å². The first-order valence-corrected chi connectivity index (χ1v) is 9.58. The molecule has 28 heavy (non-hydrogen) atoms. The zero-order valence-corrected chi connectivity index (χ0v) is 15.3. The summed E-state index contributed by atoms with van der Waals surface area (Å²) in [5, 5.41) is 0. The molecule has 0 saturated heterocycles. The first-order valence-electron chi connectivity index (χ1n) is 8.17. The van der Waals surface area contributed by atoms with E-state index < -0.39 is 33.2 Å². The van der Waals surface area contributed by atoms with Crippen molar-refractivity contribution in [3.05, 3.63) is 88.5 Å². The molecule has 4 rings (SSSR count). The lowest BCUT2D eigenvalue weighted by molar-refractivity contribution is 0.0973. The molecule has 0 amide bonds. The number of benzene rings is 2. The Kier molecular flexibility index (Phi) is 4.08. The minimum atomic E-state index is -4.24. The van der Waals surface area contributed by atoms with Crippen molar-refractivity contribution in [2.45, 2.75) is 11.8 Å². The van der Waals surface area contributed by atoms with Crippen LogP contribution in [0.25, 0.3) is 0 Å². The third kappa shape index (κ3) is 2.78. The van der Waals surface area contributed by atoms with E-state index in [2.05, 4.69) is 4.98 Å². The van der Waals surface area contributed by atoms with Gasteiger partial charge in [-0.3, -0.25) is 9.59 Å². The van der Waals surface area contributed by atoms with E-state index in [0.717, 1.165) is 11.8 Å². The first kappa shape index (κ1) is 18.0. The molecule has 0 fully saturated rings. The summed E-state index contributed by atoms with van der Waals surface area (Å²) in [6, 6.07) is 11.1. The fourth-order valence-electron chi connectivity index (χ4n) is 3.01. The van der Waals surface area contributed by atoms with Gasteiger partial charge in [-0.2, -0.15) is 12.8 Å². The molecule has 1 aliphatic carbocycles. The second-order valence-electron chi connectivity index (χ2n) is 6.21. The number of ketones is 2. The molecule has 140 valence electrons. The van der Waals surface area contributed by atoms with Gasteiger partial charge in [-0.15, -0.1) is 0 Å². The van der Waals surface area contributed by atoms with Crippen LogP contribution in [-0.2, 0) is 10.1 Å². The number of pyridine rings is 1. The van der Waals surface area contributed by atoms with Gasteiger partial charge in [0.1, 0.15) is 4.90 Å². The van der Waals surface area contributed by atoms with Crippen LogP contribution in [0.3, 0.4) is 0 Å². The van der Waals surface area contributed by atoms with E-state index in [0.29, 0.717) is 0 Å². The Morgan fingerprint density at radius 3 is 2.25 bits per heavy atom. The molecule has 3 aromatic rings. The number of carbonyl (C=O) groups is 2. The lowest BCUT2D eigenvalue weighted by Gasteiger charge is -2.19. The molecule has 2 aromatic carbocycles. The number of fused-ring (bicyclic) bond motifs is 2. The molecule has 0 aliphatic heterocycles. The second kappa shape index (κ2) is 6.35. The highest BCUT2D eigenvalue weighted by Crippen LogP contribution is 2.35. The molecule has 0 bridgehead atoms. The highest BCUT2D eigenvalue weighted by Gasteiger charge is 2.36. The van der Waals surface area contributed by atoms with Gasteiger partial charge in [0.15, 0.2) is 17.3 Å². The number of carbonyl (C=O) groups excluding carboxylic acids is 2. The average Bonchev–Trinajstić information content (AvgIpc) is 2.66. The van der Waals surface area contributed by atoms with Crippen LogP contribution in [0.15, 0.2) is 59.6 Å². The molecule has 1 heterocycles. The third-order valence-corrected chi connectivity index (χ3v) is 5.63. The van der Waals surface area contributed by atoms with Crippen LogP contribution >= 0.6 is 0 Å². The lowest BCUT2D eigenvalue weighted by Crippen LogP contribution is -2.24. The number of hydrogen-bond donors (Lipinski definition) is 0. The first-order chi connectivity index (χ1) is 13.3. The Labute approximate surface area is 159 Å². The van der Waals surface area contributed by atoms with E-state index in [4.69, 9.17) is 4.18 Å². The highest BCUT2D eigenvalue weighted by molar-refractivity contribution is 7.87. The summed E-state index contributed by atoms with van der Waals surface area (Å²) < 4.78 is 44.4. The van der Waals surface area contributed by atoms with Crippen molar-refractivity contribution in [1.82, 2.24) is 4.98 Å². The van der Waals surface area contributed by atoms with Crippen LogP contribution in [0, 0.1) is 12.9 Å². The number of hydrogen-bond acceptors (Lipinski definition) is 6. The third-order valence-electron chi connectivity index (χ3n) is 4.38. The topological polar surface area (TPSA) is 90.4 Å². The molecule has 0 radical (unpaired) electrons. The van der Waals surface area contributed by atoms with Gasteiger partial charge < -0.3 is 4.18 Å². The van der Waals surface area contributed by atoms with E-state index >= 15 is 0 Å². The van der Waals surface area contributed by atoms with Gasteiger partial charge >= 0.3 is 10.1 Å². The van der Waals surface area contributed by atoms with E-state index in [1.165, 1.54) is 36.4 Å². The summed E-state index contributed by atoms with van der Waals surface area (Å²) in [7, 11) is -4.24. The molecule has 1 aliphatic rings. The van der Waals surface area contributed by atoms with Gasteiger partial charge in [-0.05, 0) is 31.2 Å². The van der Waals surface area contributed by atoms with Crippen molar-refractivity contribution in [1.29, 1.82) is 0 Å². The summed E-state index contributed by atoms with van der Waals surface area (Å²) in [4.78, 5) is 28.9. The summed E-state index contributed by atoms with van der Waals surface area (Å²) in [5.74, 6) is -2.81. The van der Waals surface area contributed by atoms with Gasteiger partial charge in [0.05, 0.1) is 11.1 Å². The Hall–Kier alpha value is -3.39. The maximum Gasteiger partial charge on any atom is 0.339 e. The number of aryl methyl sites for hydroxylation is 1. The minimum Gasteiger partial charge on any atom is -0.378 e. The van der Waals surface area contributed by atoms with Gasteiger partial charge in [-0.25, -0.2) is 4.98 Å². The Morgan fingerprint density at radius 2 is 1.54 bits per heavy atom. The molecule has 1 aromatic heterocycles. The molecular formula is C20H12FNO5S. The maximum absolute atomic E-state index is 14.0. The van der Waals surface area contributed by atoms with Crippen LogP contribution in [0.1, 0.15) is 37.4 Å². The summed E-state index contributed by atoms with van der Waals surface area (Å²) in [6.45, 7) is 1.81. The fraction of sp³-hybridized carbons (Fsp3) is 0.0500. The van der Waals surface area contributed by atoms with Gasteiger partial charge in [0.2, 0.25) is 5.95 Å². The summed E-state index contributed by atoms with van der Waals surface area (Å²) in [5.41, 5.74) is -0.112. The molecule has 8 heteroatoms. The predicted molar refractivity (Wildman–Crippen MR) is 96.5 cm³/mol. The number of aromatic nitrogens is 1. The molecule has 0 unspecified atom stereocenters. The zero-order chi connectivity index (χ0) is 20.1. The molecule has 0 N–H and O–H groups in total. The molecule has 6 nitrogen and oxygen atoms in total. The standard InChI is InChI=1S/C20H12FNO5S/c1-11-5-7-12(8-6-11)28(25,26)27-15-4-2-3-13-16(15)18(23)14-9-10-22-20(21)17(14)19(13)24/h2-10H,1H3. The van der Waals surface area contributed by atoms with Crippen LogP contribution < -0.4 is 4.18 Å². The Bertz CT molecular complexity index is 1250. The molecule has 0 saturated carbocycles. The van der Waals surface area contributed by atoms with E-state index in [9.17, 15) is 22.4 Å². The molecular weight excluding hydrogens is 385 g/mol. The van der Waals surface area contributed by atoms with Crippen molar-refractivity contribution in [2.75, 3.05) is 0 Å². The van der Waals surface area contributed by atoms with Crippen molar-refractivity contribution < 1.29 is 26.6 Å². The number of nitrogens with zero attached hydrogens (tertiary/aromatic N) is 1. The van der Waals surface area contributed by atoms with E-state index in [1.54, 1.807) is 19.1 Å². The van der Waals surface area contributed by atoms with Gasteiger partial charge in [0, 0.05) is 17.3 Å². The minimum absolute atomic E-state index is 0.0964. The SMILES string of the molecule is Cc1ccc(S(=O)(=O)Oc2cccc3c2C(=O)c2ccnc(F)c2C3=O)cc1. The summed E-state index contributed by atoms with van der Waals surface area (Å²) in [6.07, 6.45) is 1.07. The Balaban J connectivity index is 1.83. The van der Waals surface area contributed by atoms with Crippen LogP contribution in [0.5, 0.6) is 5.75 Å². The highest BCUT2D eigenvalue weighted by atomic mass is 32.2. The Morgan fingerprint density at radius 1 is 0.893 bits per heavy atom. The fourth-order valence-corrected chi connectivity index (χ4v) is 3.95. The smallest absolute Gasteiger partial charge is 0.339 e. The monoisotopic (exact) mass is 397 g/mol. The largest absolute Gasteiger partial charge is 0.378 e. The van der Waals surface area contributed by atoms with E-state index in [1.807, 2.05) is 0 Å². The maximum atomic E-state index is 14.0. The van der Waals surface area contributed by atoms with Crippen molar-refractivity contribution >= 4 is 21.7 Å². The van der Waals surface area contributed by atoms with Crippen molar-refractivity contribution in [3.63, 3.8) is 0 Å². The lowest BCUT2D eigenvalue weighted by atomic mass is 9.84. The number of halogens is 1. The molecule has 0 spiro atoms. The zero-order valence-electron chi connectivity index (χ0n) is 14.5. The number of rotatable bonds is 3. The van der Waals surface area contributed by atoms with Crippen LogP contribution in [0.2, 0.25) is 0 Å². The average molecular weight is 397 g/mol. The predicted octanol–water partition coefficient (Wildman–Crippen LogP) is 3.07. The van der Waals surface area contributed by atoms with Crippen molar-refractivity contribution in [2.24, 2.45) is 0 Å². The van der Waals surface area contributed by atoms with Gasteiger partial charge in [-0.1, -0.05) is 29.8 Å². The quantitative estimate of drug-likeness (QED) is 0.390. The molecule has 0 atom stereocenters. The van der Waals surface area contributed by atoms with Crippen molar-refractivity contribution in [3.8, 4) is 5.75 Å². The van der Waals surface area contributed by atoms with Crippen LogP contribution in [-0.4, -0.2) is 25.0 Å². The normalized spacial score (nSPS) is 13.1. The van der Waals surface area contributed by atoms with Gasteiger partial charge in [0.25, 0.3) is 0 Å². The second-order valence-corrected chi connectivity index (χ2v) is 7.76. The summed E-state index contributed by atoms with van der Waals surface area (Å²) >= 11 is 0. The van der Waals surface area contributed by atoms with Crippen LogP contribution in [0.4, 0.5) is 4.39 Å².